The maximum absolute atomic E-state index is 13.1. The summed E-state index contributed by atoms with van der Waals surface area (Å²) in [7, 11) is 1.33. The predicted octanol–water partition coefficient (Wildman–Crippen LogP) is 4.36. The molecule has 0 fully saturated rings. The summed E-state index contributed by atoms with van der Waals surface area (Å²) in [5, 5.41) is 0. The van der Waals surface area contributed by atoms with Crippen molar-refractivity contribution in [2.24, 2.45) is 0 Å². The SMILES string of the molecule is COC(=O)C1=C(C)N(CCc2ccccc2)C(=O)/C1=C\c1cccc(Br)c1. The minimum absolute atomic E-state index is 0.177. The molecular weight excluding hydrogens is 406 g/mol. The summed E-state index contributed by atoms with van der Waals surface area (Å²) in [6.45, 7) is 2.29. The van der Waals surface area contributed by atoms with Crippen LogP contribution in [0.5, 0.6) is 0 Å². The highest BCUT2D eigenvalue weighted by Gasteiger charge is 2.36. The number of hydrogen-bond donors (Lipinski definition) is 0. The van der Waals surface area contributed by atoms with Crippen LogP contribution in [0.2, 0.25) is 0 Å². The molecule has 0 saturated carbocycles. The van der Waals surface area contributed by atoms with Gasteiger partial charge in [0.25, 0.3) is 5.91 Å². The molecular formula is C22H20BrNO3. The topological polar surface area (TPSA) is 46.6 Å². The summed E-state index contributed by atoms with van der Waals surface area (Å²) in [5.74, 6) is -0.673. The van der Waals surface area contributed by atoms with E-state index in [0.717, 1.165) is 15.6 Å². The minimum atomic E-state index is -0.496. The Morgan fingerprint density at radius 2 is 1.89 bits per heavy atom. The van der Waals surface area contributed by atoms with Crippen molar-refractivity contribution in [3.05, 3.63) is 87.0 Å². The maximum Gasteiger partial charge on any atom is 0.340 e. The number of hydrogen-bond acceptors (Lipinski definition) is 3. The van der Waals surface area contributed by atoms with E-state index in [2.05, 4.69) is 15.9 Å². The number of halogens is 1. The predicted molar refractivity (Wildman–Crippen MR) is 109 cm³/mol. The average molecular weight is 426 g/mol. The molecule has 27 heavy (non-hydrogen) atoms. The van der Waals surface area contributed by atoms with Gasteiger partial charge < -0.3 is 9.64 Å². The van der Waals surface area contributed by atoms with E-state index in [1.165, 1.54) is 7.11 Å². The van der Waals surface area contributed by atoms with E-state index >= 15 is 0 Å². The van der Waals surface area contributed by atoms with Crippen LogP contribution in [0.3, 0.4) is 0 Å². The lowest BCUT2D eigenvalue weighted by Gasteiger charge is -2.17. The minimum Gasteiger partial charge on any atom is -0.465 e. The third-order valence-electron chi connectivity index (χ3n) is 4.53. The van der Waals surface area contributed by atoms with Crippen LogP contribution in [0.4, 0.5) is 0 Å². The normalized spacial score (nSPS) is 15.6. The van der Waals surface area contributed by atoms with Crippen LogP contribution in [0.1, 0.15) is 18.1 Å². The molecule has 0 aliphatic carbocycles. The van der Waals surface area contributed by atoms with Gasteiger partial charge in [-0.05, 0) is 42.7 Å². The molecule has 2 aromatic rings. The fourth-order valence-corrected chi connectivity index (χ4v) is 3.56. The van der Waals surface area contributed by atoms with E-state index in [1.54, 1.807) is 17.9 Å². The van der Waals surface area contributed by atoms with Crippen molar-refractivity contribution < 1.29 is 14.3 Å². The van der Waals surface area contributed by atoms with Crippen molar-refractivity contribution in [3.8, 4) is 0 Å². The number of esters is 1. The van der Waals surface area contributed by atoms with Crippen molar-refractivity contribution in [2.75, 3.05) is 13.7 Å². The molecule has 5 heteroatoms. The molecule has 0 radical (unpaired) electrons. The molecule has 1 aliphatic rings. The van der Waals surface area contributed by atoms with Crippen LogP contribution in [-0.2, 0) is 20.7 Å². The lowest BCUT2D eigenvalue weighted by molar-refractivity contribution is -0.136. The largest absolute Gasteiger partial charge is 0.465 e. The van der Waals surface area contributed by atoms with Gasteiger partial charge >= 0.3 is 5.97 Å². The van der Waals surface area contributed by atoms with E-state index in [-0.39, 0.29) is 5.91 Å². The summed E-state index contributed by atoms with van der Waals surface area (Å²) >= 11 is 3.43. The second-order valence-corrected chi connectivity index (χ2v) is 7.17. The lowest BCUT2D eigenvalue weighted by Crippen LogP contribution is -2.27. The number of rotatable bonds is 5. The van der Waals surface area contributed by atoms with E-state index < -0.39 is 5.97 Å². The number of allylic oxidation sites excluding steroid dienone is 1. The van der Waals surface area contributed by atoms with Crippen molar-refractivity contribution in [2.45, 2.75) is 13.3 Å². The Balaban J connectivity index is 1.94. The highest BCUT2D eigenvalue weighted by atomic mass is 79.9. The van der Waals surface area contributed by atoms with Gasteiger partial charge in [-0.15, -0.1) is 0 Å². The number of amides is 1. The van der Waals surface area contributed by atoms with Gasteiger partial charge in [-0.3, -0.25) is 4.79 Å². The summed E-state index contributed by atoms with van der Waals surface area (Å²) in [4.78, 5) is 27.1. The molecule has 0 spiro atoms. The molecule has 0 atom stereocenters. The quantitative estimate of drug-likeness (QED) is 0.527. The highest BCUT2D eigenvalue weighted by Crippen LogP contribution is 2.32. The molecule has 0 aromatic heterocycles. The second kappa shape index (κ2) is 8.35. The number of carbonyl (C=O) groups excluding carboxylic acids is 2. The summed E-state index contributed by atoms with van der Waals surface area (Å²) in [5.41, 5.74) is 3.30. The Kier molecular flexibility index (Phi) is 5.91. The van der Waals surface area contributed by atoms with Gasteiger partial charge in [-0.2, -0.15) is 0 Å². The molecule has 1 amide bonds. The Hall–Kier alpha value is -2.66. The van der Waals surface area contributed by atoms with E-state index in [0.29, 0.717) is 29.8 Å². The Labute approximate surface area is 167 Å². The molecule has 2 aromatic carbocycles. The molecule has 0 bridgehead atoms. The van der Waals surface area contributed by atoms with Gasteiger partial charge in [0.2, 0.25) is 0 Å². The van der Waals surface area contributed by atoms with Crippen LogP contribution in [0, 0.1) is 0 Å². The number of methoxy groups -OCH3 is 1. The molecule has 4 nitrogen and oxygen atoms in total. The lowest BCUT2D eigenvalue weighted by atomic mass is 10.0. The number of ether oxygens (including phenoxy) is 1. The fourth-order valence-electron chi connectivity index (χ4n) is 3.15. The second-order valence-electron chi connectivity index (χ2n) is 6.26. The van der Waals surface area contributed by atoms with E-state index in [1.807, 2.05) is 54.6 Å². The first-order chi connectivity index (χ1) is 13.0. The van der Waals surface area contributed by atoms with Crippen molar-refractivity contribution in [3.63, 3.8) is 0 Å². The highest BCUT2D eigenvalue weighted by molar-refractivity contribution is 9.10. The zero-order valence-electron chi connectivity index (χ0n) is 15.2. The van der Waals surface area contributed by atoms with E-state index in [9.17, 15) is 9.59 Å². The van der Waals surface area contributed by atoms with Gasteiger partial charge in [0.05, 0.1) is 18.3 Å². The van der Waals surface area contributed by atoms with Gasteiger partial charge in [-0.25, -0.2) is 4.79 Å². The maximum atomic E-state index is 13.1. The Morgan fingerprint density at radius 1 is 1.15 bits per heavy atom. The third-order valence-corrected chi connectivity index (χ3v) is 5.02. The molecule has 0 unspecified atom stereocenters. The number of nitrogens with zero attached hydrogens (tertiary/aromatic N) is 1. The van der Waals surface area contributed by atoms with Crippen LogP contribution in [0.25, 0.3) is 6.08 Å². The third kappa shape index (κ3) is 4.19. The van der Waals surface area contributed by atoms with Gasteiger partial charge in [-0.1, -0.05) is 58.4 Å². The molecule has 1 heterocycles. The van der Waals surface area contributed by atoms with Gasteiger partial charge in [0.15, 0.2) is 0 Å². The summed E-state index contributed by atoms with van der Waals surface area (Å²) < 4.78 is 5.84. The molecule has 3 rings (SSSR count). The van der Waals surface area contributed by atoms with Crippen LogP contribution in [0.15, 0.2) is 75.9 Å². The first-order valence-electron chi connectivity index (χ1n) is 8.64. The standard InChI is InChI=1S/C22H20BrNO3/c1-15-20(22(26)27-2)19(14-17-9-6-10-18(23)13-17)21(25)24(15)12-11-16-7-4-3-5-8-16/h3-10,13-14H,11-12H2,1-2H3/b19-14-. The monoisotopic (exact) mass is 425 g/mol. The van der Waals surface area contributed by atoms with Crippen LogP contribution < -0.4 is 0 Å². The Bertz CT molecular complexity index is 932. The average Bonchev–Trinajstić information content (AvgIpc) is 2.90. The number of carbonyl (C=O) groups is 2. The van der Waals surface area contributed by atoms with Gasteiger partial charge in [0.1, 0.15) is 0 Å². The molecule has 1 aliphatic heterocycles. The fraction of sp³-hybridized carbons (Fsp3) is 0.182. The summed E-state index contributed by atoms with van der Waals surface area (Å²) in [6.07, 6.45) is 2.45. The van der Waals surface area contributed by atoms with Crippen LogP contribution >= 0.6 is 15.9 Å². The van der Waals surface area contributed by atoms with Crippen molar-refractivity contribution >= 4 is 33.9 Å². The van der Waals surface area contributed by atoms with Crippen LogP contribution in [-0.4, -0.2) is 30.4 Å². The Morgan fingerprint density at radius 3 is 2.56 bits per heavy atom. The molecule has 138 valence electrons. The molecule has 0 N–H and O–H groups in total. The van der Waals surface area contributed by atoms with Crippen molar-refractivity contribution in [1.29, 1.82) is 0 Å². The zero-order chi connectivity index (χ0) is 19.4. The first kappa shape index (κ1) is 19.1. The number of benzene rings is 2. The van der Waals surface area contributed by atoms with E-state index in [4.69, 9.17) is 4.74 Å². The van der Waals surface area contributed by atoms with Crippen molar-refractivity contribution in [1.82, 2.24) is 4.90 Å². The van der Waals surface area contributed by atoms with Gasteiger partial charge in [0, 0.05) is 16.7 Å². The smallest absolute Gasteiger partial charge is 0.340 e. The summed E-state index contributed by atoms with van der Waals surface area (Å²) in [6, 6.07) is 17.6. The zero-order valence-corrected chi connectivity index (χ0v) is 16.8. The first-order valence-corrected chi connectivity index (χ1v) is 9.43. The molecule has 0 saturated heterocycles.